The van der Waals surface area contributed by atoms with Gasteiger partial charge in [-0.2, -0.15) is 4.68 Å². The number of para-hydroxylation sites is 1. The molecule has 2 heterocycles. The van der Waals surface area contributed by atoms with E-state index in [2.05, 4.69) is 25.5 Å². The molecule has 9 heteroatoms. The molecule has 6 nitrogen and oxygen atoms in total. The Morgan fingerprint density at radius 3 is 2.59 bits per heavy atom. The smallest absolute Gasteiger partial charge is 0.227 e. The molecule has 0 amide bonds. The van der Waals surface area contributed by atoms with E-state index >= 15 is 0 Å². The summed E-state index contributed by atoms with van der Waals surface area (Å²) < 4.78 is 28.0. The van der Waals surface area contributed by atoms with E-state index in [9.17, 15) is 8.78 Å². The molecule has 136 valence electrons. The molecule has 0 bridgehead atoms. The molecule has 0 atom stereocenters. The highest BCUT2D eigenvalue weighted by atomic mass is 32.2. The number of halogens is 2. The summed E-state index contributed by atoms with van der Waals surface area (Å²) in [5.41, 5.74) is 3.50. The predicted octanol–water partition coefficient (Wildman–Crippen LogP) is 4.31. The lowest BCUT2D eigenvalue weighted by molar-refractivity contribution is 0.140. The normalized spacial score (nSPS) is 11.4. The number of aromatic nitrogens is 6. The zero-order valence-corrected chi connectivity index (χ0v) is 15.3. The van der Waals surface area contributed by atoms with Crippen molar-refractivity contribution in [2.45, 2.75) is 30.5 Å². The molecule has 0 saturated carbocycles. The van der Waals surface area contributed by atoms with Crippen LogP contribution in [0.5, 0.6) is 0 Å². The van der Waals surface area contributed by atoms with Gasteiger partial charge in [0, 0.05) is 5.39 Å². The van der Waals surface area contributed by atoms with Crippen LogP contribution in [0.2, 0.25) is 0 Å². The first-order valence-electron chi connectivity index (χ1n) is 8.11. The van der Waals surface area contributed by atoms with Gasteiger partial charge < -0.3 is 0 Å². The van der Waals surface area contributed by atoms with Crippen LogP contribution in [0, 0.1) is 13.8 Å². The number of tetrazole rings is 1. The third-order valence-electron chi connectivity index (χ3n) is 4.14. The zero-order chi connectivity index (χ0) is 19.0. The maximum atomic E-state index is 13.2. The number of hydrogen-bond acceptors (Lipinski definition) is 6. The number of rotatable bonds is 4. The molecular formula is C18H14F2N6S. The minimum Gasteiger partial charge on any atom is -0.227 e. The fourth-order valence-electron chi connectivity index (χ4n) is 2.59. The Hall–Kier alpha value is -2.94. The molecule has 0 spiro atoms. The van der Waals surface area contributed by atoms with Gasteiger partial charge in [-0.3, -0.25) is 0 Å². The first-order valence-corrected chi connectivity index (χ1v) is 8.93. The minimum atomic E-state index is -2.76. The summed E-state index contributed by atoms with van der Waals surface area (Å²) in [6, 6.07) is 12.9. The van der Waals surface area contributed by atoms with Gasteiger partial charge in [-0.25, -0.2) is 18.7 Å². The van der Waals surface area contributed by atoms with Crippen LogP contribution in [0.15, 0.2) is 52.6 Å². The van der Waals surface area contributed by atoms with Gasteiger partial charge in [-0.15, -0.1) is 5.10 Å². The highest BCUT2D eigenvalue weighted by molar-refractivity contribution is 7.99. The topological polar surface area (TPSA) is 69.4 Å². The van der Waals surface area contributed by atoms with Crippen molar-refractivity contribution >= 4 is 22.7 Å². The summed E-state index contributed by atoms with van der Waals surface area (Å²) in [4.78, 5) is 7.97. The third kappa shape index (κ3) is 3.37. The number of hydrogen-bond donors (Lipinski definition) is 0. The molecule has 0 unspecified atom stereocenters. The Bertz CT molecular complexity index is 1130. The van der Waals surface area contributed by atoms with Crippen molar-refractivity contribution < 1.29 is 8.78 Å². The third-order valence-corrected chi connectivity index (χ3v) is 5.09. The fourth-order valence-corrected chi connectivity index (χ4v) is 3.49. The van der Waals surface area contributed by atoms with Crippen LogP contribution < -0.4 is 0 Å². The number of alkyl halides is 2. The van der Waals surface area contributed by atoms with E-state index < -0.39 is 12.2 Å². The molecule has 4 aromatic rings. The van der Waals surface area contributed by atoms with Gasteiger partial charge in [0.1, 0.15) is 5.03 Å². The zero-order valence-electron chi connectivity index (χ0n) is 14.5. The van der Waals surface area contributed by atoms with Crippen LogP contribution in [0.25, 0.3) is 16.6 Å². The molecular weight excluding hydrogens is 370 g/mol. The van der Waals surface area contributed by atoms with E-state index in [0.717, 1.165) is 28.6 Å². The second-order valence-electron chi connectivity index (χ2n) is 5.95. The van der Waals surface area contributed by atoms with E-state index in [1.807, 2.05) is 38.1 Å². The largest absolute Gasteiger partial charge is 0.297 e. The summed E-state index contributed by atoms with van der Waals surface area (Å²) in [5, 5.41) is 13.3. The molecule has 0 aliphatic rings. The summed E-state index contributed by atoms with van der Waals surface area (Å²) in [6.07, 6.45) is -2.76. The highest BCUT2D eigenvalue weighted by Crippen LogP contribution is 2.32. The highest BCUT2D eigenvalue weighted by Gasteiger charge is 2.18. The molecule has 27 heavy (non-hydrogen) atoms. The van der Waals surface area contributed by atoms with Crippen molar-refractivity contribution in [3.8, 4) is 5.69 Å². The van der Waals surface area contributed by atoms with Gasteiger partial charge in [-0.1, -0.05) is 24.3 Å². The van der Waals surface area contributed by atoms with Gasteiger partial charge in [-0.05, 0) is 65.4 Å². The summed E-state index contributed by atoms with van der Waals surface area (Å²) >= 11 is 1.13. The van der Waals surface area contributed by atoms with Gasteiger partial charge in [0.15, 0.2) is 5.82 Å². The van der Waals surface area contributed by atoms with E-state index in [1.165, 1.54) is 0 Å². The van der Waals surface area contributed by atoms with Crippen molar-refractivity contribution in [3.63, 3.8) is 0 Å². The number of aryl methyl sites for hydroxylation is 2. The molecule has 2 aromatic heterocycles. The molecule has 0 aliphatic heterocycles. The van der Waals surface area contributed by atoms with Crippen LogP contribution in [-0.4, -0.2) is 30.2 Å². The quantitative estimate of drug-likeness (QED) is 0.488. The van der Waals surface area contributed by atoms with E-state index in [1.54, 1.807) is 22.9 Å². The summed E-state index contributed by atoms with van der Waals surface area (Å²) in [6.45, 7) is 4.02. The molecule has 2 aromatic carbocycles. The molecule has 0 fully saturated rings. The molecule has 4 rings (SSSR count). The Labute approximate surface area is 157 Å². The lowest BCUT2D eigenvalue weighted by Crippen LogP contribution is -2.02. The van der Waals surface area contributed by atoms with Gasteiger partial charge in [0.25, 0.3) is 6.43 Å². The second kappa shape index (κ2) is 6.99. The maximum absolute atomic E-state index is 13.2. The van der Waals surface area contributed by atoms with Gasteiger partial charge in [0.05, 0.1) is 11.2 Å². The van der Waals surface area contributed by atoms with Crippen molar-refractivity contribution in [1.82, 2.24) is 30.2 Å². The standard InChI is InChI=1S/C18H14F2N6S/c1-10-7-8-12(9-11(10)2)26-18(23-24-25-26)27-17-13-5-3-4-6-14(13)21-16(22-17)15(19)20/h3-9,15H,1-2H3. The van der Waals surface area contributed by atoms with Crippen molar-refractivity contribution in [1.29, 1.82) is 0 Å². The van der Waals surface area contributed by atoms with Crippen LogP contribution >= 0.6 is 11.8 Å². The number of fused-ring (bicyclic) bond motifs is 1. The Kier molecular flexibility index (Phi) is 4.53. The van der Waals surface area contributed by atoms with Crippen molar-refractivity contribution in [2.24, 2.45) is 0 Å². The lowest BCUT2D eigenvalue weighted by Gasteiger charge is -2.09. The van der Waals surface area contributed by atoms with Crippen LogP contribution in [0.3, 0.4) is 0 Å². The fraction of sp³-hybridized carbons (Fsp3) is 0.167. The average molecular weight is 384 g/mol. The lowest BCUT2D eigenvalue weighted by atomic mass is 10.1. The van der Waals surface area contributed by atoms with Crippen molar-refractivity contribution in [3.05, 3.63) is 59.4 Å². The number of nitrogens with zero attached hydrogens (tertiary/aromatic N) is 6. The molecule has 0 radical (unpaired) electrons. The maximum Gasteiger partial charge on any atom is 0.297 e. The monoisotopic (exact) mass is 384 g/mol. The Balaban J connectivity index is 1.80. The summed E-state index contributed by atoms with van der Waals surface area (Å²) in [7, 11) is 0. The average Bonchev–Trinajstić information content (AvgIpc) is 3.12. The van der Waals surface area contributed by atoms with Crippen LogP contribution in [0.1, 0.15) is 23.4 Å². The SMILES string of the molecule is Cc1ccc(-n2nnnc2Sc2nc(C(F)F)nc3ccccc23)cc1C. The first-order chi connectivity index (χ1) is 13.0. The van der Waals surface area contributed by atoms with E-state index in [0.29, 0.717) is 21.1 Å². The van der Waals surface area contributed by atoms with Gasteiger partial charge in [0.2, 0.25) is 5.16 Å². The van der Waals surface area contributed by atoms with E-state index in [-0.39, 0.29) is 0 Å². The van der Waals surface area contributed by atoms with Crippen molar-refractivity contribution in [2.75, 3.05) is 0 Å². The predicted molar refractivity (Wildman–Crippen MR) is 97.2 cm³/mol. The Morgan fingerprint density at radius 1 is 1.00 bits per heavy atom. The van der Waals surface area contributed by atoms with Crippen LogP contribution in [0.4, 0.5) is 8.78 Å². The van der Waals surface area contributed by atoms with Gasteiger partial charge >= 0.3 is 0 Å². The number of benzene rings is 2. The first kappa shape index (κ1) is 17.5. The molecule has 0 aliphatic carbocycles. The van der Waals surface area contributed by atoms with Crippen LogP contribution in [-0.2, 0) is 0 Å². The Morgan fingerprint density at radius 2 is 1.81 bits per heavy atom. The summed E-state index contributed by atoms with van der Waals surface area (Å²) in [5.74, 6) is -0.513. The second-order valence-corrected chi connectivity index (χ2v) is 6.90. The minimum absolute atomic E-state index is 0.385. The molecule has 0 saturated heterocycles. The molecule has 0 N–H and O–H groups in total. The van der Waals surface area contributed by atoms with E-state index in [4.69, 9.17) is 0 Å².